The van der Waals surface area contributed by atoms with Gasteiger partial charge in [0.15, 0.2) is 0 Å². The van der Waals surface area contributed by atoms with E-state index in [4.69, 9.17) is 15.6 Å². The molecular weight excluding hydrogens is 250 g/mol. The fourth-order valence-corrected chi connectivity index (χ4v) is 2.97. The third-order valence-electron chi connectivity index (χ3n) is 2.95. The summed E-state index contributed by atoms with van der Waals surface area (Å²) in [5.74, 6) is 1.93. The van der Waals surface area contributed by atoms with Gasteiger partial charge in [-0.3, -0.25) is 4.79 Å². The molecule has 4 nitrogen and oxygen atoms in total. The van der Waals surface area contributed by atoms with E-state index in [-0.39, 0.29) is 6.10 Å². The van der Waals surface area contributed by atoms with Crippen molar-refractivity contribution in [1.82, 2.24) is 0 Å². The molecule has 3 N–H and O–H groups in total. The number of benzene rings is 1. The molecule has 1 heterocycles. The molecule has 2 rings (SSSR count). The summed E-state index contributed by atoms with van der Waals surface area (Å²) in [7, 11) is 0. The van der Waals surface area contributed by atoms with Crippen LogP contribution < -0.4 is 10.5 Å². The van der Waals surface area contributed by atoms with Crippen LogP contribution in [0.2, 0.25) is 0 Å². The molecule has 1 unspecified atom stereocenters. The summed E-state index contributed by atoms with van der Waals surface area (Å²) >= 11 is 1.94. The van der Waals surface area contributed by atoms with E-state index in [9.17, 15) is 4.79 Å². The largest absolute Gasteiger partial charge is 0.490 e. The fraction of sp³-hybridized carbons (Fsp3) is 0.462. The Kier molecular flexibility index (Phi) is 4.49. The van der Waals surface area contributed by atoms with Gasteiger partial charge in [-0.25, -0.2) is 0 Å². The van der Waals surface area contributed by atoms with Gasteiger partial charge in [0.2, 0.25) is 0 Å². The molecule has 1 atom stereocenters. The fourth-order valence-electron chi connectivity index (χ4n) is 1.91. The molecule has 1 aromatic rings. The van der Waals surface area contributed by atoms with Crippen molar-refractivity contribution in [1.29, 1.82) is 0 Å². The lowest BCUT2D eigenvalue weighted by atomic mass is 10.1. The number of thioether (sulfide) groups is 1. The average molecular weight is 267 g/mol. The Morgan fingerprint density at radius 1 is 1.44 bits per heavy atom. The van der Waals surface area contributed by atoms with E-state index < -0.39 is 12.0 Å². The number of carboxylic acid groups (broad SMARTS) is 1. The van der Waals surface area contributed by atoms with Crippen molar-refractivity contribution in [3.63, 3.8) is 0 Å². The molecule has 1 fully saturated rings. The molecule has 0 bridgehead atoms. The quantitative estimate of drug-likeness (QED) is 0.873. The van der Waals surface area contributed by atoms with E-state index >= 15 is 0 Å². The average Bonchev–Trinajstić information content (AvgIpc) is 2.39. The van der Waals surface area contributed by atoms with Crippen molar-refractivity contribution in [2.75, 3.05) is 11.5 Å². The minimum Gasteiger partial charge on any atom is -0.490 e. The Labute approximate surface area is 111 Å². The zero-order valence-corrected chi connectivity index (χ0v) is 10.9. The van der Waals surface area contributed by atoms with Crippen LogP contribution in [0.15, 0.2) is 24.3 Å². The zero-order chi connectivity index (χ0) is 13.0. The second-order valence-electron chi connectivity index (χ2n) is 4.32. The first kappa shape index (κ1) is 13.2. The van der Waals surface area contributed by atoms with Crippen LogP contribution in [0.3, 0.4) is 0 Å². The molecule has 1 aliphatic heterocycles. The Morgan fingerprint density at radius 3 is 2.83 bits per heavy atom. The van der Waals surface area contributed by atoms with Gasteiger partial charge < -0.3 is 15.6 Å². The molecule has 0 aromatic heterocycles. The molecule has 0 amide bonds. The molecular formula is C13H17NO3S. The van der Waals surface area contributed by atoms with Gasteiger partial charge in [-0.1, -0.05) is 12.1 Å². The van der Waals surface area contributed by atoms with Crippen LogP contribution in [0.1, 0.15) is 24.4 Å². The lowest BCUT2D eigenvalue weighted by Crippen LogP contribution is -2.23. The molecule has 1 saturated heterocycles. The molecule has 1 aromatic carbocycles. The van der Waals surface area contributed by atoms with Gasteiger partial charge in [0.1, 0.15) is 17.9 Å². The highest BCUT2D eigenvalue weighted by Gasteiger charge is 2.17. The second kappa shape index (κ2) is 6.11. The van der Waals surface area contributed by atoms with Gasteiger partial charge >= 0.3 is 5.97 Å². The zero-order valence-electron chi connectivity index (χ0n) is 10.0. The number of carbonyl (C=O) groups is 1. The molecule has 0 saturated carbocycles. The number of ether oxygens (including phenoxy) is 1. The first-order chi connectivity index (χ1) is 8.66. The maximum absolute atomic E-state index is 10.8. The molecule has 5 heteroatoms. The first-order valence-corrected chi connectivity index (χ1v) is 7.15. The van der Waals surface area contributed by atoms with Crippen molar-refractivity contribution in [2.24, 2.45) is 5.73 Å². The van der Waals surface area contributed by atoms with Gasteiger partial charge in [0, 0.05) is 0 Å². The minimum atomic E-state index is -1.03. The molecule has 1 aliphatic rings. The van der Waals surface area contributed by atoms with Crippen LogP contribution in [0.25, 0.3) is 0 Å². The molecule has 18 heavy (non-hydrogen) atoms. The lowest BCUT2D eigenvalue weighted by Gasteiger charge is -2.23. The summed E-state index contributed by atoms with van der Waals surface area (Å²) in [5, 5.41) is 8.88. The highest BCUT2D eigenvalue weighted by atomic mass is 32.2. The maximum atomic E-state index is 10.8. The van der Waals surface area contributed by atoms with Gasteiger partial charge in [-0.2, -0.15) is 11.8 Å². The van der Waals surface area contributed by atoms with Gasteiger partial charge in [0.05, 0.1) is 0 Å². The van der Waals surface area contributed by atoms with Gasteiger partial charge in [-0.05, 0) is 42.0 Å². The Hall–Kier alpha value is -1.20. The topological polar surface area (TPSA) is 72.6 Å². The first-order valence-electron chi connectivity index (χ1n) is 5.99. The van der Waals surface area contributed by atoms with Crippen LogP contribution in [0.4, 0.5) is 0 Å². The minimum absolute atomic E-state index is 0.238. The van der Waals surface area contributed by atoms with Crippen molar-refractivity contribution in [3.8, 4) is 5.75 Å². The standard InChI is InChI=1S/C13H17NO3S/c14-12(13(15)16)9-2-1-3-11(8-9)17-10-4-6-18-7-5-10/h1-3,8,10,12H,4-7,14H2,(H,15,16). The Morgan fingerprint density at radius 2 is 2.17 bits per heavy atom. The van der Waals surface area contributed by atoms with E-state index in [2.05, 4.69) is 0 Å². The summed E-state index contributed by atoms with van der Waals surface area (Å²) in [5.41, 5.74) is 6.16. The normalized spacial score (nSPS) is 18.3. The Balaban J connectivity index is 2.04. The number of aliphatic carboxylic acids is 1. The Bertz CT molecular complexity index is 418. The van der Waals surface area contributed by atoms with Crippen LogP contribution in [-0.2, 0) is 4.79 Å². The van der Waals surface area contributed by atoms with E-state index in [1.807, 2.05) is 17.8 Å². The number of hydrogen-bond acceptors (Lipinski definition) is 4. The molecule has 0 aliphatic carbocycles. The maximum Gasteiger partial charge on any atom is 0.325 e. The second-order valence-corrected chi connectivity index (χ2v) is 5.54. The SMILES string of the molecule is NC(C(=O)O)c1cccc(OC2CCSCC2)c1. The van der Waals surface area contributed by atoms with Crippen LogP contribution in [0.5, 0.6) is 5.75 Å². The van der Waals surface area contributed by atoms with Crippen LogP contribution in [-0.4, -0.2) is 28.7 Å². The number of nitrogens with two attached hydrogens (primary N) is 1. The van der Waals surface area contributed by atoms with Crippen molar-refractivity contribution < 1.29 is 14.6 Å². The molecule has 0 radical (unpaired) electrons. The number of rotatable bonds is 4. The predicted molar refractivity (Wildman–Crippen MR) is 72.0 cm³/mol. The highest BCUT2D eigenvalue weighted by molar-refractivity contribution is 7.99. The van der Waals surface area contributed by atoms with E-state index in [0.29, 0.717) is 11.3 Å². The summed E-state index contributed by atoms with van der Waals surface area (Å²) in [6.07, 6.45) is 2.32. The van der Waals surface area contributed by atoms with Gasteiger partial charge in [-0.15, -0.1) is 0 Å². The van der Waals surface area contributed by atoms with Crippen molar-refractivity contribution in [3.05, 3.63) is 29.8 Å². The van der Waals surface area contributed by atoms with Gasteiger partial charge in [0.25, 0.3) is 0 Å². The van der Waals surface area contributed by atoms with Crippen molar-refractivity contribution in [2.45, 2.75) is 25.0 Å². The van der Waals surface area contributed by atoms with E-state index in [0.717, 1.165) is 24.3 Å². The van der Waals surface area contributed by atoms with Crippen LogP contribution >= 0.6 is 11.8 Å². The van der Waals surface area contributed by atoms with Crippen molar-refractivity contribution >= 4 is 17.7 Å². The molecule has 0 spiro atoms. The third-order valence-corrected chi connectivity index (χ3v) is 4.00. The summed E-state index contributed by atoms with van der Waals surface area (Å²) in [6, 6.07) is 6.07. The predicted octanol–water partition coefficient (Wildman–Crippen LogP) is 2.05. The van der Waals surface area contributed by atoms with E-state index in [1.165, 1.54) is 0 Å². The molecule has 98 valence electrons. The monoisotopic (exact) mass is 267 g/mol. The number of hydrogen-bond donors (Lipinski definition) is 2. The van der Waals surface area contributed by atoms with E-state index in [1.54, 1.807) is 18.2 Å². The number of carboxylic acids is 1. The van der Waals surface area contributed by atoms with Crippen LogP contribution in [0, 0.1) is 0 Å². The summed E-state index contributed by atoms with van der Waals surface area (Å²) in [4.78, 5) is 10.8. The summed E-state index contributed by atoms with van der Waals surface area (Å²) in [6.45, 7) is 0. The smallest absolute Gasteiger partial charge is 0.325 e. The lowest BCUT2D eigenvalue weighted by molar-refractivity contribution is -0.138. The third kappa shape index (κ3) is 3.40. The summed E-state index contributed by atoms with van der Waals surface area (Å²) < 4.78 is 5.86. The highest BCUT2D eigenvalue weighted by Crippen LogP contribution is 2.24.